The Morgan fingerprint density at radius 3 is 2.22 bits per heavy atom. The highest BCUT2D eigenvalue weighted by atomic mass is 16.5. The zero-order valence-corrected chi connectivity index (χ0v) is 10.4. The lowest BCUT2D eigenvalue weighted by Crippen LogP contribution is -2.47. The van der Waals surface area contributed by atoms with Gasteiger partial charge < -0.3 is 14.7 Å². The Kier molecular flexibility index (Phi) is 3.01. The maximum Gasteiger partial charge on any atom is 0.310 e. The van der Waals surface area contributed by atoms with Crippen LogP contribution < -0.4 is 0 Å². The molecule has 2 bridgehead atoms. The van der Waals surface area contributed by atoms with Crippen LogP contribution in [0.15, 0.2) is 0 Å². The van der Waals surface area contributed by atoms with Gasteiger partial charge in [0.25, 0.3) is 0 Å². The number of carbonyl (C=O) groups is 2. The van der Waals surface area contributed by atoms with Gasteiger partial charge in [0.15, 0.2) is 0 Å². The van der Waals surface area contributed by atoms with Gasteiger partial charge in [0.1, 0.15) is 0 Å². The fraction of sp³-hybridized carbons (Fsp3) is 0.846. The van der Waals surface area contributed by atoms with Crippen LogP contribution in [0.1, 0.15) is 32.1 Å². The van der Waals surface area contributed by atoms with Crippen molar-refractivity contribution in [2.24, 2.45) is 11.8 Å². The molecule has 18 heavy (non-hydrogen) atoms. The summed E-state index contributed by atoms with van der Waals surface area (Å²) >= 11 is 0. The standard InChI is InChI=1S/C13H19NO4/c15-12(14-6-2-1-3-7-14)10-8-4-5-9(18-8)11(10)13(16)17/h8-11H,1-7H2,(H,16,17)/t8-,9+,10?,11?/m0/s1. The van der Waals surface area contributed by atoms with Crippen LogP contribution in [-0.4, -0.2) is 47.2 Å². The number of fused-ring (bicyclic) bond motifs is 2. The minimum atomic E-state index is -0.877. The van der Waals surface area contributed by atoms with Crippen molar-refractivity contribution in [2.75, 3.05) is 13.1 Å². The van der Waals surface area contributed by atoms with Gasteiger partial charge in [0.2, 0.25) is 5.91 Å². The van der Waals surface area contributed by atoms with E-state index in [9.17, 15) is 14.7 Å². The highest BCUT2D eigenvalue weighted by Gasteiger charge is 2.56. The van der Waals surface area contributed by atoms with Crippen molar-refractivity contribution in [3.05, 3.63) is 0 Å². The van der Waals surface area contributed by atoms with Gasteiger partial charge in [-0.3, -0.25) is 9.59 Å². The summed E-state index contributed by atoms with van der Waals surface area (Å²) in [7, 11) is 0. The van der Waals surface area contributed by atoms with Crippen LogP contribution in [0.2, 0.25) is 0 Å². The molecule has 0 aromatic rings. The zero-order chi connectivity index (χ0) is 12.7. The number of nitrogens with zero attached hydrogens (tertiary/aromatic N) is 1. The first-order chi connectivity index (χ1) is 8.68. The van der Waals surface area contributed by atoms with Crippen LogP contribution in [0.5, 0.6) is 0 Å². The van der Waals surface area contributed by atoms with E-state index in [1.165, 1.54) is 6.42 Å². The molecule has 1 amide bonds. The van der Waals surface area contributed by atoms with Gasteiger partial charge >= 0.3 is 5.97 Å². The molecule has 3 aliphatic rings. The smallest absolute Gasteiger partial charge is 0.310 e. The van der Waals surface area contributed by atoms with E-state index in [1.54, 1.807) is 0 Å². The Balaban J connectivity index is 1.77. The Morgan fingerprint density at radius 2 is 1.61 bits per heavy atom. The summed E-state index contributed by atoms with van der Waals surface area (Å²) in [4.78, 5) is 25.7. The molecule has 0 spiro atoms. The van der Waals surface area contributed by atoms with Gasteiger partial charge in [-0.05, 0) is 32.1 Å². The number of rotatable bonds is 2. The molecule has 0 saturated carbocycles. The predicted octanol–water partition coefficient (Wildman–Crippen LogP) is 0.877. The summed E-state index contributed by atoms with van der Waals surface area (Å²) in [6.45, 7) is 1.55. The lowest BCUT2D eigenvalue weighted by molar-refractivity contribution is -0.151. The molecule has 0 radical (unpaired) electrons. The molecule has 5 heteroatoms. The van der Waals surface area contributed by atoms with E-state index in [1.807, 2.05) is 4.90 Å². The molecular formula is C13H19NO4. The Hall–Kier alpha value is -1.10. The molecular weight excluding hydrogens is 234 g/mol. The van der Waals surface area contributed by atoms with Crippen LogP contribution in [-0.2, 0) is 14.3 Å². The minimum absolute atomic E-state index is 0.00861. The fourth-order valence-corrected chi connectivity index (χ4v) is 3.63. The van der Waals surface area contributed by atoms with Gasteiger partial charge in [-0.2, -0.15) is 0 Å². The summed E-state index contributed by atoms with van der Waals surface area (Å²) in [5, 5.41) is 9.30. The number of likely N-dealkylation sites (tertiary alicyclic amines) is 1. The third kappa shape index (κ3) is 1.81. The third-order valence-electron chi connectivity index (χ3n) is 4.51. The maximum atomic E-state index is 12.5. The number of piperidine rings is 1. The van der Waals surface area contributed by atoms with Gasteiger partial charge in [-0.25, -0.2) is 0 Å². The molecule has 3 saturated heterocycles. The van der Waals surface area contributed by atoms with Crippen molar-refractivity contribution in [1.29, 1.82) is 0 Å². The molecule has 2 unspecified atom stereocenters. The van der Waals surface area contributed by atoms with Crippen LogP contribution in [0.4, 0.5) is 0 Å². The van der Waals surface area contributed by atoms with E-state index in [4.69, 9.17) is 4.74 Å². The lowest BCUT2D eigenvalue weighted by Gasteiger charge is -2.33. The van der Waals surface area contributed by atoms with Gasteiger partial charge in [-0.1, -0.05) is 0 Å². The maximum absolute atomic E-state index is 12.5. The molecule has 0 aromatic heterocycles. The van der Waals surface area contributed by atoms with E-state index < -0.39 is 17.8 Å². The first-order valence-corrected chi connectivity index (χ1v) is 6.85. The van der Waals surface area contributed by atoms with Gasteiger partial charge in [0.05, 0.1) is 24.0 Å². The molecule has 1 N–H and O–H groups in total. The quantitative estimate of drug-likeness (QED) is 0.793. The van der Waals surface area contributed by atoms with E-state index in [0.29, 0.717) is 0 Å². The molecule has 3 fully saturated rings. The number of hydrogen-bond acceptors (Lipinski definition) is 3. The highest BCUT2D eigenvalue weighted by molar-refractivity contribution is 5.86. The topological polar surface area (TPSA) is 66.8 Å². The first-order valence-electron chi connectivity index (χ1n) is 6.85. The third-order valence-corrected chi connectivity index (χ3v) is 4.51. The van der Waals surface area contributed by atoms with Crippen LogP contribution >= 0.6 is 0 Å². The second-order valence-electron chi connectivity index (χ2n) is 5.57. The average molecular weight is 253 g/mol. The predicted molar refractivity (Wildman–Crippen MR) is 62.9 cm³/mol. The normalized spacial score (nSPS) is 39.0. The molecule has 4 atom stereocenters. The zero-order valence-electron chi connectivity index (χ0n) is 10.4. The number of hydrogen-bond donors (Lipinski definition) is 1. The molecule has 5 nitrogen and oxygen atoms in total. The number of carbonyl (C=O) groups excluding carboxylic acids is 1. The van der Waals surface area contributed by atoms with Crippen LogP contribution in [0.25, 0.3) is 0 Å². The first kappa shape index (κ1) is 12.0. The Bertz CT molecular complexity index is 364. The van der Waals surface area contributed by atoms with Crippen LogP contribution in [0.3, 0.4) is 0 Å². The van der Waals surface area contributed by atoms with Crippen molar-refractivity contribution in [3.63, 3.8) is 0 Å². The van der Waals surface area contributed by atoms with E-state index in [2.05, 4.69) is 0 Å². The summed E-state index contributed by atoms with van der Waals surface area (Å²) in [5.41, 5.74) is 0. The van der Waals surface area contributed by atoms with Crippen molar-refractivity contribution < 1.29 is 19.4 Å². The van der Waals surface area contributed by atoms with E-state index in [0.717, 1.165) is 38.8 Å². The molecule has 3 aliphatic heterocycles. The second kappa shape index (κ2) is 4.53. The summed E-state index contributed by atoms with van der Waals surface area (Å²) in [6.07, 6.45) is 4.44. The van der Waals surface area contributed by atoms with Gasteiger partial charge in [0, 0.05) is 13.1 Å². The van der Waals surface area contributed by atoms with Crippen molar-refractivity contribution in [2.45, 2.75) is 44.3 Å². The van der Waals surface area contributed by atoms with Crippen LogP contribution in [0, 0.1) is 11.8 Å². The second-order valence-corrected chi connectivity index (χ2v) is 5.57. The lowest BCUT2D eigenvalue weighted by atomic mass is 9.78. The molecule has 3 heterocycles. The average Bonchev–Trinajstić information content (AvgIpc) is 2.99. The number of amides is 1. The summed E-state index contributed by atoms with van der Waals surface area (Å²) in [6, 6.07) is 0. The van der Waals surface area contributed by atoms with Crippen molar-refractivity contribution >= 4 is 11.9 Å². The largest absolute Gasteiger partial charge is 0.481 e. The fourth-order valence-electron chi connectivity index (χ4n) is 3.63. The molecule has 3 rings (SSSR count). The highest BCUT2D eigenvalue weighted by Crippen LogP contribution is 2.44. The molecule has 0 aliphatic carbocycles. The number of aliphatic carboxylic acids is 1. The number of ether oxygens (including phenoxy) is 1. The Morgan fingerprint density at radius 1 is 1.00 bits per heavy atom. The molecule has 100 valence electrons. The summed E-state index contributed by atoms with van der Waals surface area (Å²) in [5.74, 6) is -1.94. The monoisotopic (exact) mass is 253 g/mol. The number of carboxylic acid groups (broad SMARTS) is 1. The SMILES string of the molecule is O=C(O)C1C(C(=O)N2CCCCC2)[C@@H]2CC[C@H]1O2. The minimum Gasteiger partial charge on any atom is -0.481 e. The number of carboxylic acids is 1. The molecule has 0 aromatic carbocycles. The van der Waals surface area contributed by atoms with Gasteiger partial charge in [-0.15, -0.1) is 0 Å². The van der Waals surface area contributed by atoms with Crippen molar-refractivity contribution in [1.82, 2.24) is 4.90 Å². The van der Waals surface area contributed by atoms with E-state index >= 15 is 0 Å². The van der Waals surface area contributed by atoms with Crippen molar-refractivity contribution in [3.8, 4) is 0 Å². The summed E-state index contributed by atoms with van der Waals surface area (Å²) < 4.78 is 5.64. The van der Waals surface area contributed by atoms with E-state index in [-0.39, 0.29) is 18.1 Å². The Labute approximate surface area is 106 Å².